The van der Waals surface area contributed by atoms with Crippen LogP contribution in [0.15, 0.2) is 31.6 Å². The van der Waals surface area contributed by atoms with Gasteiger partial charge in [0, 0.05) is 0 Å². The molecule has 0 aliphatic heterocycles. The van der Waals surface area contributed by atoms with Crippen LogP contribution in [-0.2, 0) is 0 Å². The van der Waals surface area contributed by atoms with Gasteiger partial charge in [-0.15, -0.1) is 113 Å². The molecule has 5 aromatic heterocycles. The minimum Gasteiger partial charge on any atom is -0.177 e. The molecular formula is C5H15Cl5N20. The van der Waals surface area contributed by atoms with Gasteiger partial charge in [-0.2, -0.15) is 26.1 Å². The maximum absolute atomic E-state index is 3.38. The van der Waals surface area contributed by atoms with Gasteiger partial charge in [0.25, 0.3) is 0 Å². The van der Waals surface area contributed by atoms with Crippen molar-refractivity contribution in [3.63, 3.8) is 0 Å². The van der Waals surface area contributed by atoms with Gasteiger partial charge in [0.1, 0.15) is 0 Å². The van der Waals surface area contributed by atoms with Gasteiger partial charge in [-0.05, 0) is 0 Å². The van der Waals surface area contributed by atoms with Gasteiger partial charge in [0.05, 0.1) is 0 Å². The molecule has 0 saturated heterocycles. The van der Waals surface area contributed by atoms with Crippen molar-refractivity contribution in [2.75, 3.05) is 0 Å². The molecule has 0 radical (unpaired) electrons. The molecule has 0 fully saturated rings. The van der Waals surface area contributed by atoms with E-state index in [0.717, 1.165) is 0 Å². The van der Waals surface area contributed by atoms with Crippen LogP contribution in [0.3, 0.4) is 0 Å². The van der Waals surface area contributed by atoms with Crippen LogP contribution in [0.5, 0.6) is 0 Å². The monoisotopic (exact) mass is 530 g/mol. The van der Waals surface area contributed by atoms with Gasteiger partial charge in [0.2, 0.25) is 0 Å². The molecule has 25 heteroatoms. The molecule has 5 aromatic rings. The van der Waals surface area contributed by atoms with Crippen molar-refractivity contribution < 1.29 is 0 Å². The molecule has 20 nitrogen and oxygen atoms in total. The first-order chi connectivity index (χ1) is 12.5. The zero-order valence-corrected chi connectivity index (χ0v) is 18.2. The second-order valence-corrected chi connectivity index (χ2v) is 2.80. The Bertz CT molecular complexity index is 473. The Hall–Kier alpha value is -3.20. The zero-order chi connectivity index (χ0) is 17.7. The molecule has 0 atom stereocenters. The van der Waals surface area contributed by atoms with Crippen LogP contribution < -0.4 is 0 Å². The van der Waals surface area contributed by atoms with Crippen LogP contribution in [0.25, 0.3) is 0 Å². The molecule has 0 aromatic carbocycles. The topological polar surface area (TPSA) is 272 Å². The van der Waals surface area contributed by atoms with E-state index in [0.29, 0.717) is 0 Å². The highest BCUT2D eigenvalue weighted by Gasteiger charge is 1.60. The lowest BCUT2D eigenvalue weighted by Crippen LogP contribution is -1.64. The van der Waals surface area contributed by atoms with Crippen molar-refractivity contribution >= 4 is 62.0 Å². The van der Waals surface area contributed by atoms with E-state index in [1.165, 1.54) is 31.6 Å². The summed E-state index contributed by atoms with van der Waals surface area (Å²) < 4.78 is 0. The number of hydrogen-bond donors (Lipinski definition) is 5. The van der Waals surface area contributed by atoms with Gasteiger partial charge in [-0.1, -0.05) is 26.1 Å². The quantitative estimate of drug-likeness (QED) is 0.146. The van der Waals surface area contributed by atoms with Gasteiger partial charge in [-0.25, -0.2) is 0 Å². The lowest BCUT2D eigenvalue weighted by Gasteiger charge is -1.44. The van der Waals surface area contributed by atoms with Crippen molar-refractivity contribution in [1.29, 1.82) is 0 Å². The molecule has 170 valence electrons. The van der Waals surface area contributed by atoms with Crippen LogP contribution in [0.2, 0.25) is 0 Å². The Balaban J connectivity index is -0.0000000833. The Morgan fingerprint density at radius 2 is 0.467 bits per heavy atom. The molecule has 0 saturated carbocycles. The molecule has 5 N–H and O–H groups in total. The predicted molar refractivity (Wildman–Crippen MR) is 107 cm³/mol. The highest BCUT2D eigenvalue weighted by molar-refractivity contribution is 5.86. The molecule has 0 amide bonds. The number of hydrogen-bond acceptors (Lipinski definition) is 15. The van der Waals surface area contributed by atoms with Crippen molar-refractivity contribution in [2.24, 2.45) is 0 Å². The van der Waals surface area contributed by atoms with Crippen LogP contribution in [0.1, 0.15) is 0 Å². The molecule has 0 aliphatic rings. The van der Waals surface area contributed by atoms with E-state index in [1.54, 1.807) is 0 Å². The summed E-state index contributed by atoms with van der Waals surface area (Å²) in [5.41, 5.74) is 0. The fourth-order valence-electron chi connectivity index (χ4n) is 0.645. The van der Waals surface area contributed by atoms with Crippen molar-refractivity contribution in [2.45, 2.75) is 0 Å². The summed E-state index contributed by atoms with van der Waals surface area (Å²) >= 11 is 0. The summed E-state index contributed by atoms with van der Waals surface area (Å²) in [6.07, 6.45) is 6.67. The molecule has 0 spiro atoms. The van der Waals surface area contributed by atoms with E-state index in [1.807, 2.05) is 0 Å². The Labute approximate surface area is 196 Å². The number of aromatic amines is 5. The van der Waals surface area contributed by atoms with E-state index >= 15 is 0 Å². The number of aromatic nitrogens is 20. The van der Waals surface area contributed by atoms with Crippen molar-refractivity contribution in [3.8, 4) is 0 Å². The number of nitrogens with one attached hydrogen (secondary N) is 5. The Morgan fingerprint density at radius 3 is 0.500 bits per heavy atom. The standard InChI is InChI=1S/5CH2N4.5ClH/c5*1-2-4-5-3-1;;;;;/h5*1H,(H,2,3,4,5);5*1H. The summed E-state index contributed by atoms with van der Waals surface area (Å²) in [4.78, 5) is 0. The Kier molecular flexibility index (Phi) is 41.8. The minimum absolute atomic E-state index is 0. The fourth-order valence-corrected chi connectivity index (χ4v) is 0.645. The molecule has 0 bridgehead atoms. The number of halogens is 5. The van der Waals surface area contributed by atoms with E-state index in [2.05, 4.69) is 103 Å². The highest BCUT2D eigenvalue weighted by atomic mass is 35.5. The largest absolute Gasteiger partial charge is 0.177 e. The highest BCUT2D eigenvalue weighted by Crippen LogP contribution is 1.45. The van der Waals surface area contributed by atoms with Crippen LogP contribution >= 0.6 is 62.0 Å². The first-order valence-electron chi connectivity index (χ1n) is 5.82. The average Bonchev–Trinajstić information content (AvgIpc) is 3.55. The average molecular weight is 533 g/mol. The summed E-state index contributed by atoms with van der Waals surface area (Å²) in [5.74, 6) is 0. The first-order valence-corrected chi connectivity index (χ1v) is 5.82. The van der Waals surface area contributed by atoms with Gasteiger partial charge >= 0.3 is 0 Å². The second kappa shape index (κ2) is 33.4. The predicted octanol–water partition coefficient (Wildman–Crippen LogP) is -1.89. The lowest BCUT2D eigenvalue weighted by atomic mass is 11.4. The van der Waals surface area contributed by atoms with E-state index < -0.39 is 0 Å². The molecular weight excluding hydrogens is 517 g/mol. The zero-order valence-electron chi connectivity index (χ0n) is 14.1. The number of tetrazole rings is 5. The molecule has 0 unspecified atom stereocenters. The van der Waals surface area contributed by atoms with Crippen molar-refractivity contribution in [1.82, 2.24) is 103 Å². The van der Waals surface area contributed by atoms with E-state index in [4.69, 9.17) is 0 Å². The first kappa shape index (κ1) is 37.5. The third-order valence-electron chi connectivity index (χ3n) is 1.35. The maximum atomic E-state index is 3.38. The normalized spacial score (nSPS) is 6.67. The number of H-pyrrole nitrogens is 5. The van der Waals surface area contributed by atoms with Gasteiger partial charge in [-0.3, -0.25) is 0 Å². The van der Waals surface area contributed by atoms with Crippen LogP contribution in [-0.4, -0.2) is 103 Å². The third-order valence-corrected chi connectivity index (χ3v) is 1.35. The van der Waals surface area contributed by atoms with E-state index in [9.17, 15) is 0 Å². The van der Waals surface area contributed by atoms with Gasteiger partial charge in [0.15, 0.2) is 31.6 Å². The molecule has 5 rings (SSSR count). The summed E-state index contributed by atoms with van der Waals surface area (Å²) in [6, 6.07) is 0. The van der Waals surface area contributed by atoms with Crippen molar-refractivity contribution in [3.05, 3.63) is 31.6 Å². The molecule has 30 heavy (non-hydrogen) atoms. The fraction of sp³-hybridized carbons (Fsp3) is 0. The Morgan fingerprint density at radius 1 is 0.300 bits per heavy atom. The SMILES string of the molecule is Cl.Cl.Cl.Cl.Cl.c1nn[nH]n1.c1nn[nH]n1.c1nn[nH]n1.c1nn[nH]n1.c1nn[nH]n1. The summed E-state index contributed by atoms with van der Waals surface area (Å²) in [6.45, 7) is 0. The maximum Gasteiger partial charge on any atom is 0.161 e. The van der Waals surface area contributed by atoms with Gasteiger partial charge < -0.3 is 0 Å². The third kappa shape index (κ3) is 29.6. The second-order valence-electron chi connectivity index (χ2n) is 2.80. The lowest BCUT2D eigenvalue weighted by molar-refractivity contribution is 0.881. The number of rotatable bonds is 0. The number of nitrogens with zero attached hydrogens (tertiary/aromatic N) is 15. The minimum atomic E-state index is 0. The molecule has 5 heterocycles. The molecule has 0 aliphatic carbocycles. The van der Waals surface area contributed by atoms with E-state index in [-0.39, 0.29) is 62.0 Å². The smallest absolute Gasteiger partial charge is 0.161 e. The van der Waals surface area contributed by atoms with Crippen LogP contribution in [0.4, 0.5) is 0 Å². The van der Waals surface area contributed by atoms with Crippen LogP contribution in [0, 0.1) is 0 Å². The summed E-state index contributed by atoms with van der Waals surface area (Å²) in [5, 5.41) is 60.8. The summed E-state index contributed by atoms with van der Waals surface area (Å²) in [7, 11) is 0.